The summed E-state index contributed by atoms with van der Waals surface area (Å²) in [5.74, 6) is -1.19. The lowest BCUT2D eigenvalue weighted by molar-refractivity contribution is 0.0597. The maximum absolute atomic E-state index is 14.6. The van der Waals surface area contributed by atoms with Crippen LogP contribution in [0.15, 0.2) is 54.6 Å². The fraction of sp³-hybridized carbons (Fsp3) is 0.241. The molecule has 0 aliphatic rings. The third-order valence-corrected chi connectivity index (χ3v) is 6.38. The zero-order chi connectivity index (χ0) is 26.9. The highest BCUT2D eigenvalue weighted by atomic mass is 19.1. The first-order chi connectivity index (χ1) is 17.7. The van der Waals surface area contributed by atoms with Gasteiger partial charge in [-0.15, -0.1) is 0 Å². The van der Waals surface area contributed by atoms with Crippen LogP contribution >= 0.6 is 0 Å². The number of hydrogen-bond acceptors (Lipinski definition) is 5. The number of carbonyl (C=O) groups excluding carboxylic acids is 1. The zero-order valence-corrected chi connectivity index (χ0v) is 21.2. The third kappa shape index (κ3) is 4.49. The van der Waals surface area contributed by atoms with Gasteiger partial charge in [0.2, 0.25) is 0 Å². The number of fused-ring (bicyclic) bond motifs is 1. The van der Waals surface area contributed by atoms with Gasteiger partial charge < -0.3 is 18.8 Å². The summed E-state index contributed by atoms with van der Waals surface area (Å²) < 4.78 is 46.3. The molecule has 3 aromatic carbocycles. The summed E-state index contributed by atoms with van der Waals surface area (Å²) in [6.45, 7) is 3.84. The van der Waals surface area contributed by atoms with Gasteiger partial charge >= 0.3 is 5.97 Å². The number of ether oxygens (including phenoxy) is 3. The van der Waals surface area contributed by atoms with Gasteiger partial charge in [0, 0.05) is 40.2 Å². The van der Waals surface area contributed by atoms with Crippen molar-refractivity contribution in [3.05, 3.63) is 77.5 Å². The smallest absolute Gasteiger partial charge is 0.341 e. The van der Waals surface area contributed by atoms with Gasteiger partial charge in [-0.3, -0.25) is 0 Å². The van der Waals surface area contributed by atoms with Gasteiger partial charge in [-0.05, 0) is 48.0 Å². The van der Waals surface area contributed by atoms with Crippen LogP contribution in [0.4, 0.5) is 8.78 Å². The minimum Gasteiger partial charge on any atom is -0.496 e. The van der Waals surface area contributed by atoms with E-state index in [1.54, 1.807) is 30.3 Å². The summed E-state index contributed by atoms with van der Waals surface area (Å²) in [6.07, 6.45) is 0.147. The topological polar surface area (TPSA) is 73.5 Å². The first-order valence-corrected chi connectivity index (χ1v) is 11.5. The molecule has 0 radical (unpaired) electrons. The van der Waals surface area contributed by atoms with Crippen molar-refractivity contribution >= 4 is 16.9 Å². The second-order valence-corrected chi connectivity index (χ2v) is 9.16. The Kier molecular flexibility index (Phi) is 6.90. The Balaban J connectivity index is 2.16. The Hall–Kier alpha value is -4.38. The minimum absolute atomic E-state index is 0.0328. The van der Waals surface area contributed by atoms with Crippen LogP contribution in [0.25, 0.3) is 27.7 Å². The Morgan fingerprint density at radius 2 is 1.70 bits per heavy atom. The van der Waals surface area contributed by atoms with Gasteiger partial charge in [0.25, 0.3) is 0 Å². The molecule has 0 saturated heterocycles. The molecule has 1 aromatic heterocycles. The van der Waals surface area contributed by atoms with E-state index in [4.69, 9.17) is 14.2 Å². The van der Waals surface area contributed by atoms with E-state index >= 15 is 0 Å². The average molecular weight is 505 g/mol. The van der Waals surface area contributed by atoms with Crippen molar-refractivity contribution in [3.8, 4) is 34.4 Å². The standard InChI is InChI=1S/C29H26F2N2O4/c1-29(2,12-13-32)27-26(17-6-9-21(28(34)37-5)24(14-17)35-3)20-10-7-18(30)15-23(20)33(27)19-8-11-22(31)25(16-19)36-4/h6-11,14-16H,12H2,1-5H3. The number of esters is 1. The van der Waals surface area contributed by atoms with E-state index in [2.05, 4.69) is 6.07 Å². The fourth-order valence-electron chi connectivity index (χ4n) is 4.66. The predicted octanol–water partition coefficient (Wildman–Crippen LogP) is 6.57. The van der Waals surface area contributed by atoms with Crippen LogP contribution in [0.2, 0.25) is 0 Å². The maximum atomic E-state index is 14.6. The fourth-order valence-corrected chi connectivity index (χ4v) is 4.66. The molecule has 0 atom stereocenters. The maximum Gasteiger partial charge on any atom is 0.341 e. The summed E-state index contributed by atoms with van der Waals surface area (Å²) in [7, 11) is 4.11. The molecule has 1 heterocycles. The number of methoxy groups -OCH3 is 3. The molecule has 0 fully saturated rings. The van der Waals surface area contributed by atoms with Gasteiger partial charge in [-0.1, -0.05) is 19.9 Å². The van der Waals surface area contributed by atoms with E-state index in [1.165, 1.54) is 45.6 Å². The normalized spacial score (nSPS) is 11.3. The molecule has 0 amide bonds. The van der Waals surface area contributed by atoms with E-state index in [0.717, 1.165) is 5.56 Å². The molecule has 6 nitrogen and oxygen atoms in total. The van der Waals surface area contributed by atoms with E-state index in [1.807, 2.05) is 18.4 Å². The number of nitriles is 1. The number of rotatable bonds is 7. The molecular weight excluding hydrogens is 478 g/mol. The van der Waals surface area contributed by atoms with Gasteiger partial charge in [0.15, 0.2) is 11.6 Å². The second kappa shape index (κ2) is 9.94. The highest BCUT2D eigenvalue weighted by molar-refractivity contribution is 6.01. The van der Waals surface area contributed by atoms with Crippen LogP contribution in [-0.2, 0) is 10.2 Å². The Bertz CT molecular complexity index is 1550. The first-order valence-electron chi connectivity index (χ1n) is 11.5. The number of hydrogen-bond donors (Lipinski definition) is 0. The lowest BCUT2D eigenvalue weighted by Gasteiger charge is -2.27. The van der Waals surface area contributed by atoms with Crippen LogP contribution in [-0.4, -0.2) is 31.9 Å². The predicted molar refractivity (Wildman–Crippen MR) is 136 cm³/mol. The van der Waals surface area contributed by atoms with Crippen molar-refractivity contribution in [2.45, 2.75) is 25.7 Å². The van der Waals surface area contributed by atoms with Crippen molar-refractivity contribution < 1.29 is 27.8 Å². The quantitative estimate of drug-likeness (QED) is 0.266. The van der Waals surface area contributed by atoms with E-state index in [0.29, 0.717) is 33.6 Å². The number of halogens is 2. The summed E-state index contributed by atoms with van der Waals surface area (Å²) in [5.41, 5.74) is 2.72. The zero-order valence-electron chi connectivity index (χ0n) is 21.2. The monoisotopic (exact) mass is 504 g/mol. The minimum atomic E-state index is -0.727. The molecule has 0 spiro atoms. The summed E-state index contributed by atoms with van der Waals surface area (Å²) in [6, 6.07) is 16.2. The molecule has 4 aromatic rings. The van der Waals surface area contributed by atoms with Crippen LogP contribution in [0.5, 0.6) is 11.5 Å². The molecule has 0 saturated carbocycles. The highest BCUT2D eigenvalue weighted by Gasteiger charge is 2.32. The van der Waals surface area contributed by atoms with Crippen LogP contribution < -0.4 is 9.47 Å². The van der Waals surface area contributed by atoms with Crippen molar-refractivity contribution in [2.24, 2.45) is 0 Å². The molecule has 4 rings (SSSR count). The van der Waals surface area contributed by atoms with E-state index in [-0.39, 0.29) is 17.7 Å². The van der Waals surface area contributed by atoms with Crippen molar-refractivity contribution in [2.75, 3.05) is 21.3 Å². The first kappa shape index (κ1) is 25.7. The molecule has 0 unspecified atom stereocenters. The largest absolute Gasteiger partial charge is 0.496 e. The van der Waals surface area contributed by atoms with Gasteiger partial charge in [-0.25, -0.2) is 13.6 Å². The molecule has 0 bridgehead atoms. The lowest BCUT2D eigenvalue weighted by Crippen LogP contribution is -2.22. The van der Waals surface area contributed by atoms with Crippen LogP contribution in [0, 0.1) is 23.0 Å². The van der Waals surface area contributed by atoms with Gasteiger partial charge in [-0.2, -0.15) is 5.26 Å². The summed E-state index contributed by atoms with van der Waals surface area (Å²) >= 11 is 0. The van der Waals surface area contributed by atoms with Crippen molar-refractivity contribution in [3.63, 3.8) is 0 Å². The van der Waals surface area contributed by atoms with Crippen molar-refractivity contribution in [1.29, 1.82) is 5.26 Å². The van der Waals surface area contributed by atoms with Crippen molar-refractivity contribution in [1.82, 2.24) is 4.57 Å². The average Bonchev–Trinajstić information content (AvgIpc) is 3.23. The Labute approximate surface area is 213 Å². The molecule has 0 aliphatic carbocycles. The Morgan fingerprint density at radius 1 is 0.973 bits per heavy atom. The number of nitrogens with zero attached hydrogens (tertiary/aromatic N) is 2. The summed E-state index contributed by atoms with van der Waals surface area (Å²) in [4.78, 5) is 12.3. The number of carbonyl (C=O) groups is 1. The molecule has 37 heavy (non-hydrogen) atoms. The van der Waals surface area contributed by atoms with Crippen LogP contribution in [0.3, 0.4) is 0 Å². The SMILES string of the molecule is COC(=O)c1ccc(-c2c(C(C)(C)CC#N)n(-c3ccc(F)c(OC)c3)c3cc(F)ccc23)cc1OC. The van der Waals surface area contributed by atoms with E-state index in [9.17, 15) is 18.8 Å². The number of benzene rings is 3. The lowest BCUT2D eigenvalue weighted by atomic mass is 9.81. The molecule has 0 N–H and O–H groups in total. The van der Waals surface area contributed by atoms with Gasteiger partial charge in [0.1, 0.15) is 17.1 Å². The van der Waals surface area contributed by atoms with E-state index < -0.39 is 23.0 Å². The number of aromatic nitrogens is 1. The molecule has 190 valence electrons. The highest BCUT2D eigenvalue weighted by Crippen LogP contribution is 2.45. The van der Waals surface area contributed by atoms with Gasteiger partial charge in [0.05, 0.1) is 32.9 Å². The molecule has 8 heteroatoms. The Morgan fingerprint density at radius 3 is 2.35 bits per heavy atom. The summed E-state index contributed by atoms with van der Waals surface area (Å²) in [5, 5.41) is 10.4. The van der Waals surface area contributed by atoms with Crippen LogP contribution in [0.1, 0.15) is 36.3 Å². The molecule has 0 aliphatic heterocycles. The third-order valence-electron chi connectivity index (χ3n) is 6.38. The second-order valence-electron chi connectivity index (χ2n) is 9.16. The molecular formula is C29H26F2N2O4.